The van der Waals surface area contributed by atoms with E-state index in [1.54, 1.807) is 0 Å². The first-order valence-electron chi connectivity index (χ1n) is 7.29. The van der Waals surface area contributed by atoms with Crippen molar-refractivity contribution < 1.29 is 14.3 Å². The van der Waals surface area contributed by atoms with Gasteiger partial charge < -0.3 is 9.47 Å². The monoisotopic (exact) mass is 276 g/mol. The van der Waals surface area contributed by atoms with Crippen molar-refractivity contribution in [2.24, 2.45) is 0 Å². The summed E-state index contributed by atoms with van der Waals surface area (Å²) in [6.07, 6.45) is 2.97. The maximum atomic E-state index is 11.3. The number of esters is 1. The van der Waals surface area contributed by atoms with E-state index in [0.29, 0.717) is 5.75 Å². The van der Waals surface area contributed by atoms with Crippen molar-refractivity contribution in [1.29, 1.82) is 0 Å². The van der Waals surface area contributed by atoms with Gasteiger partial charge in [0, 0.05) is 12.5 Å². The van der Waals surface area contributed by atoms with E-state index < -0.39 is 0 Å². The predicted molar refractivity (Wildman–Crippen MR) is 79.6 cm³/mol. The molecule has 0 amide bonds. The van der Waals surface area contributed by atoms with Gasteiger partial charge in [0.1, 0.15) is 17.1 Å². The summed E-state index contributed by atoms with van der Waals surface area (Å²) in [5.74, 6) is 1.43. The number of rotatable bonds is 2. The van der Waals surface area contributed by atoms with Gasteiger partial charge in [-0.25, -0.2) is 0 Å². The zero-order valence-corrected chi connectivity index (χ0v) is 13.3. The van der Waals surface area contributed by atoms with Crippen LogP contribution in [-0.2, 0) is 11.2 Å². The van der Waals surface area contributed by atoms with Crippen molar-refractivity contribution in [2.45, 2.75) is 66.4 Å². The van der Waals surface area contributed by atoms with E-state index in [-0.39, 0.29) is 11.6 Å². The SMILES string of the molecule is CC[C@@]1(C)CCc2c(C)c(OC(C)=O)c(C)c(C)c2O1. The number of hydrogen-bond donors (Lipinski definition) is 0. The maximum absolute atomic E-state index is 11.3. The predicted octanol–water partition coefficient (Wildman–Crippen LogP) is 4.03. The Morgan fingerprint density at radius 1 is 1.25 bits per heavy atom. The van der Waals surface area contributed by atoms with Gasteiger partial charge >= 0.3 is 5.97 Å². The zero-order valence-electron chi connectivity index (χ0n) is 13.3. The average molecular weight is 276 g/mol. The van der Waals surface area contributed by atoms with Gasteiger partial charge in [-0.15, -0.1) is 0 Å². The highest BCUT2D eigenvalue weighted by molar-refractivity contribution is 5.72. The van der Waals surface area contributed by atoms with E-state index in [0.717, 1.165) is 41.7 Å². The zero-order chi connectivity index (χ0) is 15.1. The van der Waals surface area contributed by atoms with Gasteiger partial charge in [-0.05, 0) is 63.6 Å². The molecular weight excluding hydrogens is 252 g/mol. The molecule has 1 aliphatic heterocycles. The Bertz CT molecular complexity index is 560. The fourth-order valence-corrected chi connectivity index (χ4v) is 2.83. The van der Waals surface area contributed by atoms with Gasteiger partial charge in [-0.2, -0.15) is 0 Å². The lowest BCUT2D eigenvalue weighted by Gasteiger charge is -2.37. The van der Waals surface area contributed by atoms with E-state index in [1.807, 2.05) is 20.8 Å². The minimum absolute atomic E-state index is 0.0837. The summed E-state index contributed by atoms with van der Waals surface area (Å²) >= 11 is 0. The lowest BCUT2D eigenvalue weighted by Crippen LogP contribution is -2.36. The Morgan fingerprint density at radius 3 is 2.45 bits per heavy atom. The third-order valence-electron chi connectivity index (χ3n) is 4.56. The average Bonchev–Trinajstić information content (AvgIpc) is 2.41. The minimum atomic E-state index is -0.273. The highest BCUT2D eigenvalue weighted by atomic mass is 16.5. The molecule has 110 valence electrons. The van der Waals surface area contributed by atoms with Crippen LogP contribution < -0.4 is 9.47 Å². The van der Waals surface area contributed by atoms with Gasteiger partial charge in [0.25, 0.3) is 0 Å². The van der Waals surface area contributed by atoms with E-state index in [9.17, 15) is 4.79 Å². The van der Waals surface area contributed by atoms with Crippen LogP contribution in [0.5, 0.6) is 11.5 Å². The number of ether oxygens (including phenoxy) is 2. The van der Waals surface area contributed by atoms with Crippen LogP contribution in [-0.4, -0.2) is 11.6 Å². The van der Waals surface area contributed by atoms with E-state index >= 15 is 0 Å². The van der Waals surface area contributed by atoms with Crippen LogP contribution in [0.25, 0.3) is 0 Å². The first-order valence-corrected chi connectivity index (χ1v) is 7.29. The quantitative estimate of drug-likeness (QED) is 0.604. The Balaban J connectivity index is 2.57. The molecule has 2 rings (SSSR count). The third-order valence-corrected chi connectivity index (χ3v) is 4.56. The van der Waals surface area contributed by atoms with Crippen molar-refractivity contribution in [2.75, 3.05) is 0 Å². The molecular formula is C17H24O3. The van der Waals surface area contributed by atoms with Crippen LogP contribution in [0.2, 0.25) is 0 Å². The molecule has 1 atom stereocenters. The van der Waals surface area contributed by atoms with E-state index in [1.165, 1.54) is 12.5 Å². The van der Waals surface area contributed by atoms with Crippen molar-refractivity contribution in [1.82, 2.24) is 0 Å². The molecule has 0 saturated heterocycles. The molecule has 0 bridgehead atoms. The molecule has 0 N–H and O–H groups in total. The number of benzene rings is 1. The molecule has 20 heavy (non-hydrogen) atoms. The van der Waals surface area contributed by atoms with Crippen molar-refractivity contribution in [3.63, 3.8) is 0 Å². The van der Waals surface area contributed by atoms with Crippen LogP contribution in [0, 0.1) is 20.8 Å². The molecule has 0 radical (unpaired) electrons. The van der Waals surface area contributed by atoms with Crippen molar-refractivity contribution in [3.8, 4) is 11.5 Å². The minimum Gasteiger partial charge on any atom is -0.487 e. The summed E-state index contributed by atoms with van der Waals surface area (Å²) in [6.45, 7) is 11.8. The number of hydrogen-bond acceptors (Lipinski definition) is 3. The van der Waals surface area contributed by atoms with Crippen molar-refractivity contribution >= 4 is 5.97 Å². The largest absolute Gasteiger partial charge is 0.487 e. The smallest absolute Gasteiger partial charge is 0.308 e. The Labute approximate surface area is 121 Å². The van der Waals surface area contributed by atoms with Crippen LogP contribution in [0.3, 0.4) is 0 Å². The summed E-state index contributed by atoms with van der Waals surface area (Å²) in [5.41, 5.74) is 4.23. The van der Waals surface area contributed by atoms with Crippen LogP contribution in [0.1, 0.15) is 55.9 Å². The fourth-order valence-electron chi connectivity index (χ4n) is 2.83. The summed E-state index contributed by atoms with van der Waals surface area (Å²) in [5, 5.41) is 0. The van der Waals surface area contributed by atoms with Crippen LogP contribution in [0.15, 0.2) is 0 Å². The number of carbonyl (C=O) groups is 1. The summed E-state index contributed by atoms with van der Waals surface area (Å²) in [4.78, 5) is 11.3. The first-order chi connectivity index (χ1) is 9.29. The second kappa shape index (κ2) is 5.12. The normalized spacial score (nSPS) is 21.1. The third kappa shape index (κ3) is 2.41. The van der Waals surface area contributed by atoms with E-state index in [4.69, 9.17) is 9.47 Å². The summed E-state index contributed by atoms with van der Waals surface area (Å²) in [7, 11) is 0. The maximum Gasteiger partial charge on any atom is 0.308 e. The van der Waals surface area contributed by atoms with Crippen LogP contribution in [0.4, 0.5) is 0 Å². The molecule has 1 aliphatic rings. The van der Waals surface area contributed by atoms with Gasteiger partial charge in [0.2, 0.25) is 0 Å². The summed E-state index contributed by atoms with van der Waals surface area (Å²) < 4.78 is 11.7. The number of carbonyl (C=O) groups excluding carboxylic acids is 1. The molecule has 0 spiro atoms. The van der Waals surface area contributed by atoms with Gasteiger partial charge in [-0.3, -0.25) is 4.79 Å². The lowest BCUT2D eigenvalue weighted by atomic mass is 9.86. The second-order valence-electron chi connectivity index (χ2n) is 6.01. The Morgan fingerprint density at radius 2 is 1.90 bits per heavy atom. The molecule has 3 heteroatoms. The van der Waals surface area contributed by atoms with Gasteiger partial charge in [0.05, 0.1) is 0 Å². The molecule has 3 nitrogen and oxygen atoms in total. The second-order valence-corrected chi connectivity index (χ2v) is 6.01. The highest BCUT2D eigenvalue weighted by Gasteiger charge is 2.33. The molecule has 0 aliphatic carbocycles. The molecule has 0 saturated carbocycles. The van der Waals surface area contributed by atoms with Gasteiger partial charge in [0.15, 0.2) is 0 Å². The molecule has 1 heterocycles. The van der Waals surface area contributed by atoms with E-state index in [2.05, 4.69) is 13.8 Å². The summed E-state index contributed by atoms with van der Waals surface area (Å²) in [6, 6.07) is 0. The topological polar surface area (TPSA) is 35.5 Å². The van der Waals surface area contributed by atoms with Gasteiger partial charge in [-0.1, -0.05) is 6.92 Å². The molecule has 0 aromatic heterocycles. The standard InChI is InChI=1S/C17H24O3/c1-7-17(6)9-8-14-12(4)15(19-13(5)18)10(2)11(3)16(14)20-17/h7-9H2,1-6H3/t17-/m0/s1. The first kappa shape index (κ1) is 14.9. The fraction of sp³-hybridized carbons (Fsp3) is 0.588. The molecule has 1 aromatic carbocycles. The van der Waals surface area contributed by atoms with Crippen molar-refractivity contribution in [3.05, 3.63) is 22.3 Å². The lowest BCUT2D eigenvalue weighted by molar-refractivity contribution is -0.132. The Hall–Kier alpha value is -1.51. The molecule has 0 unspecified atom stereocenters. The molecule has 1 aromatic rings. The number of fused-ring (bicyclic) bond motifs is 1. The Kier molecular flexibility index (Phi) is 3.81. The van der Waals surface area contributed by atoms with Crippen LogP contribution >= 0.6 is 0 Å². The molecule has 0 fully saturated rings. The highest BCUT2D eigenvalue weighted by Crippen LogP contribution is 2.44.